The van der Waals surface area contributed by atoms with E-state index >= 15 is 0 Å². The molecule has 3 rings (SSSR count). The summed E-state index contributed by atoms with van der Waals surface area (Å²) in [4.78, 5) is 22.1. The third-order valence-electron chi connectivity index (χ3n) is 3.55. The molecule has 3 heterocycles. The smallest absolute Gasteiger partial charge is 0.267 e. The lowest BCUT2D eigenvalue weighted by molar-refractivity contribution is 0.102. The standard InChI is InChI=1S/C17H19N5OS/c1-3-4-8-14-20-12(2)15(24-14)17(23)21-13-7-5-9-18-16(13)22-11-6-10-19-22/h5-7,9-11H,3-4,8H2,1-2H3,(H,21,23). The van der Waals surface area contributed by atoms with E-state index in [4.69, 9.17) is 0 Å². The molecule has 0 unspecified atom stereocenters. The zero-order chi connectivity index (χ0) is 16.9. The highest BCUT2D eigenvalue weighted by atomic mass is 32.1. The van der Waals surface area contributed by atoms with E-state index in [-0.39, 0.29) is 5.91 Å². The van der Waals surface area contributed by atoms with Crippen LogP contribution in [0.3, 0.4) is 0 Å². The minimum Gasteiger partial charge on any atom is -0.318 e. The van der Waals surface area contributed by atoms with E-state index in [1.165, 1.54) is 11.3 Å². The summed E-state index contributed by atoms with van der Waals surface area (Å²) in [6.45, 7) is 4.02. The molecule has 1 amide bonds. The van der Waals surface area contributed by atoms with E-state index in [0.29, 0.717) is 16.4 Å². The molecule has 0 radical (unpaired) electrons. The number of carbonyl (C=O) groups is 1. The van der Waals surface area contributed by atoms with Crippen molar-refractivity contribution in [3.05, 3.63) is 52.4 Å². The average molecular weight is 341 g/mol. The van der Waals surface area contributed by atoms with Gasteiger partial charge in [-0.15, -0.1) is 11.3 Å². The fraction of sp³-hybridized carbons (Fsp3) is 0.294. The van der Waals surface area contributed by atoms with Crippen LogP contribution in [0.1, 0.15) is 40.1 Å². The number of anilines is 1. The van der Waals surface area contributed by atoms with Gasteiger partial charge in [-0.25, -0.2) is 14.6 Å². The van der Waals surface area contributed by atoms with Crippen molar-refractivity contribution < 1.29 is 4.79 Å². The number of nitrogens with zero attached hydrogens (tertiary/aromatic N) is 4. The van der Waals surface area contributed by atoms with Crippen LogP contribution in [0.2, 0.25) is 0 Å². The Balaban J connectivity index is 1.82. The molecule has 7 heteroatoms. The number of unbranched alkanes of at least 4 members (excludes halogenated alkanes) is 1. The highest BCUT2D eigenvalue weighted by Gasteiger charge is 2.17. The molecule has 0 atom stereocenters. The molecule has 0 saturated heterocycles. The highest BCUT2D eigenvalue weighted by Crippen LogP contribution is 2.23. The molecule has 0 saturated carbocycles. The van der Waals surface area contributed by atoms with Gasteiger partial charge in [-0.3, -0.25) is 4.79 Å². The zero-order valence-corrected chi connectivity index (χ0v) is 14.5. The summed E-state index contributed by atoms with van der Waals surface area (Å²) in [5.41, 5.74) is 1.39. The molecule has 0 aromatic carbocycles. The van der Waals surface area contributed by atoms with Crippen molar-refractivity contribution in [2.45, 2.75) is 33.1 Å². The first-order valence-electron chi connectivity index (χ1n) is 7.91. The van der Waals surface area contributed by atoms with Crippen molar-refractivity contribution in [2.75, 3.05) is 5.32 Å². The Labute approximate surface area is 144 Å². The third kappa shape index (κ3) is 3.51. The average Bonchev–Trinajstić information content (AvgIpc) is 3.23. The Morgan fingerprint density at radius 1 is 1.33 bits per heavy atom. The molecule has 0 bridgehead atoms. The van der Waals surface area contributed by atoms with Gasteiger partial charge in [-0.2, -0.15) is 5.10 Å². The first-order valence-corrected chi connectivity index (χ1v) is 8.73. The Morgan fingerprint density at radius 2 is 2.21 bits per heavy atom. The number of carbonyl (C=O) groups excluding carboxylic acids is 1. The van der Waals surface area contributed by atoms with Crippen LogP contribution >= 0.6 is 11.3 Å². The van der Waals surface area contributed by atoms with Gasteiger partial charge in [0, 0.05) is 18.6 Å². The van der Waals surface area contributed by atoms with Crippen LogP contribution in [0, 0.1) is 6.92 Å². The van der Waals surface area contributed by atoms with Crippen LogP contribution in [0.25, 0.3) is 5.82 Å². The summed E-state index contributed by atoms with van der Waals surface area (Å²) in [5.74, 6) is 0.429. The second kappa shape index (κ2) is 7.35. The number of amides is 1. The summed E-state index contributed by atoms with van der Waals surface area (Å²) < 4.78 is 1.63. The summed E-state index contributed by atoms with van der Waals surface area (Å²) in [6.07, 6.45) is 8.25. The molecule has 0 aliphatic carbocycles. The SMILES string of the molecule is CCCCc1nc(C)c(C(=O)Nc2cccnc2-n2cccn2)s1. The van der Waals surface area contributed by atoms with E-state index in [1.807, 2.05) is 19.1 Å². The monoisotopic (exact) mass is 341 g/mol. The number of hydrogen-bond acceptors (Lipinski definition) is 5. The molecular formula is C17H19N5OS. The lowest BCUT2D eigenvalue weighted by Gasteiger charge is -2.09. The van der Waals surface area contributed by atoms with Crippen molar-refractivity contribution in [3.8, 4) is 5.82 Å². The maximum Gasteiger partial charge on any atom is 0.267 e. The predicted octanol–water partition coefficient (Wildman–Crippen LogP) is 3.63. The molecule has 6 nitrogen and oxygen atoms in total. The number of aromatic nitrogens is 4. The molecule has 1 N–H and O–H groups in total. The van der Waals surface area contributed by atoms with Crippen LogP contribution in [0.15, 0.2) is 36.8 Å². The van der Waals surface area contributed by atoms with Crippen molar-refractivity contribution in [1.82, 2.24) is 19.7 Å². The zero-order valence-electron chi connectivity index (χ0n) is 13.7. The Hall–Kier alpha value is -2.54. The van der Waals surface area contributed by atoms with Crippen molar-refractivity contribution in [2.24, 2.45) is 0 Å². The number of nitrogens with one attached hydrogen (secondary N) is 1. The fourth-order valence-electron chi connectivity index (χ4n) is 2.35. The van der Waals surface area contributed by atoms with Gasteiger partial charge in [0.25, 0.3) is 5.91 Å². The van der Waals surface area contributed by atoms with E-state index in [2.05, 4.69) is 27.3 Å². The second-order valence-corrected chi connectivity index (χ2v) is 6.49. The van der Waals surface area contributed by atoms with Crippen molar-refractivity contribution >= 4 is 22.9 Å². The molecule has 0 aliphatic heterocycles. The van der Waals surface area contributed by atoms with Gasteiger partial charge in [0.1, 0.15) is 4.88 Å². The molecule has 24 heavy (non-hydrogen) atoms. The molecule has 124 valence electrons. The number of aryl methyl sites for hydroxylation is 2. The first kappa shape index (κ1) is 16.3. The van der Waals surface area contributed by atoms with Gasteiger partial charge in [0.2, 0.25) is 0 Å². The molecule has 3 aromatic rings. The van der Waals surface area contributed by atoms with Gasteiger partial charge in [-0.1, -0.05) is 13.3 Å². The summed E-state index contributed by atoms with van der Waals surface area (Å²) in [6, 6.07) is 5.42. The van der Waals surface area contributed by atoms with Crippen LogP contribution in [-0.2, 0) is 6.42 Å². The summed E-state index contributed by atoms with van der Waals surface area (Å²) in [5, 5.41) is 8.12. The molecular weight excluding hydrogens is 322 g/mol. The Bertz CT molecular complexity index is 825. The van der Waals surface area contributed by atoms with Gasteiger partial charge in [0.05, 0.1) is 16.4 Å². The number of thiazole rings is 1. The summed E-state index contributed by atoms with van der Waals surface area (Å²) in [7, 11) is 0. The van der Waals surface area contributed by atoms with Gasteiger partial charge in [-0.05, 0) is 38.0 Å². The molecule has 0 aliphatic rings. The third-order valence-corrected chi connectivity index (χ3v) is 4.76. The molecule has 0 fully saturated rings. The lowest BCUT2D eigenvalue weighted by Crippen LogP contribution is -2.14. The van der Waals surface area contributed by atoms with Crippen molar-refractivity contribution in [3.63, 3.8) is 0 Å². The minimum atomic E-state index is -0.158. The van der Waals surface area contributed by atoms with E-state index in [1.54, 1.807) is 29.3 Å². The van der Waals surface area contributed by atoms with E-state index in [0.717, 1.165) is 30.0 Å². The topological polar surface area (TPSA) is 72.7 Å². The lowest BCUT2D eigenvalue weighted by atomic mass is 10.3. The fourth-order valence-corrected chi connectivity index (χ4v) is 3.35. The Morgan fingerprint density at radius 3 is 2.96 bits per heavy atom. The molecule has 0 spiro atoms. The number of pyridine rings is 1. The highest BCUT2D eigenvalue weighted by molar-refractivity contribution is 7.13. The summed E-state index contributed by atoms with van der Waals surface area (Å²) >= 11 is 1.46. The normalized spacial score (nSPS) is 10.8. The van der Waals surface area contributed by atoms with Crippen molar-refractivity contribution in [1.29, 1.82) is 0 Å². The minimum absolute atomic E-state index is 0.158. The molecule has 3 aromatic heterocycles. The van der Waals surface area contributed by atoms with Crippen LogP contribution in [0.4, 0.5) is 5.69 Å². The maximum atomic E-state index is 12.6. The van der Waals surface area contributed by atoms with Crippen LogP contribution in [0.5, 0.6) is 0 Å². The van der Waals surface area contributed by atoms with E-state index in [9.17, 15) is 4.79 Å². The van der Waals surface area contributed by atoms with Crippen LogP contribution < -0.4 is 5.32 Å². The maximum absolute atomic E-state index is 12.6. The predicted molar refractivity (Wildman–Crippen MR) is 94.8 cm³/mol. The number of rotatable bonds is 6. The van der Waals surface area contributed by atoms with Gasteiger partial charge < -0.3 is 5.32 Å². The largest absolute Gasteiger partial charge is 0.318 e. The number of hydrogen-bond donors (Lipinski definition) is 1. The first-order chi connectivity index (χ1) is 11.7. The van der Waals surface area contributed by atoms with Gasteiger partial charge >= 0.3 is 0 Å². The van der Waals surface area contributed by atoms with E-state index < -0.39 is 0 Å². The Kier molecular flexibility index (Phi) is 5.00. The quantitative estimate of drug-likeness (QED) is 0.743. The van der Waals surface area contributed by atoms with Crippen LogP contribution in [-0.4, -0.2) is 25.7 Å². The van der Waals surface area contributed by atoms with Gasteiger partial charge in [0.15, 0.2) is 5.82 Å². The second-order valence-electron chi connectivity index (χ2n) is 5.41.